The van der Waals surface area contributed by atoms with Gasteiger partial charge in [-0.1, -0.05) is 6.07 Å². The number of nitrogens with zero attached hydrogens (tertiary/aromatic N) is 5. The summed E-state index contributed by atoms with van der Waals surface area (Å²) < 4.78 is 0. The summed E-state index contributed by atoms with van der Waals surface area (Å²) in [5, 5.41) is 3.39. The molecule has 7 heteroatoms. The molecule has 4 rings (SSSR count). The number of amides is 1. The van der Waals surface area contributed by atoms with Crippen molar-refractivity contribution in [1.82, 2.24) is 25.2 Å². The smallest absolute Gasteiger partial charge is 0.226 e. The number of fused-ring (bicyclic) bond motifs is 1. The number of hydrogen-bond donors (Lipinski definition) is 1. The molecule has 0 radical (unpaired) electrons. The highest BCUT2D eigenvalue weighted by molar-refractivity contribution is 5.79. The molecule has 1 unspecified atom stereocenters. The maximum absolute atomic E-state index is 13.1. The van der Waals surface area contributed by atoms with Crippen LogP contribution in [0.25, 0.3) is 11.5 Å². The first kappa shape index (κ1) is 18.8. The van der Waals surface area contributed by atoms with E-state index in [2.05, 4.69) is 10.3 Å². The molecule has 1 amide bonds. The van der Waals surface area contributed by atoms with Gasteiger partial charge in [0.1, 0.15) is 11.5 Å². The highest BCUT2D eigenvalue weighted by Gasteiger charge is 2.30. The molecule has 0 saturated carbocycles. The zero-order chi connectivity index (χ0) is 19.5. The summed E-state index contributed by atoms with van der Waals surface area (Å²) in [6, 6.07) is 5.75. The first-order chi connectivity index (χ1) is 13.6. The van der Waals surface area contributed by atoms with E-state index >= 15 is 0 Å². The number of hydrogen-bond acceptors (Lipinski definition) is 6. The van der Waals surface area contributed by atoms with Crippen molar-refractivity contribution in [2.24, 2.45) is 5.92 Å². The summed E-state index contributed by atoms with van der Waals surface area (Å²) in [4.78, 5) is 31.1. The Morgan fingerprint density at radius 3 is 2.89 bits per heavy atom. The van der Waals surface area contributed by atoms with Crippen LogP contribution in [-0.4, -0.2) is 59.5 Å². The van der Waals surface area contributed by atoms with E-state index < -0.39 is 0 Å². The number of aromatic nitrogens is 3. The van der Waals surface area contributed by atoms with E-state index in [0.717, 1.165) is 68.1 Å². The minimum absolute atomic E-state index is 0.127. The third-order valence-electron chi connectivity index (χ3n) is 5.60. The van der Waals surface area contributed by atoms with Crippen LogP contribution in [0.5, 0.6) is 0 Å². The van der Waals surface area contributed by atoms with Gasteiger partial charge in [0, 0.05) is 38.3 Å². The fraction of sp³-hybridized carbons (Fsp3) is 0.524. The number of rotatable bonds is 3. The minimum atomic E-state index is 0.127. The zero-order valence-electron chi connectivity index (χ0n) is 16.7. The van der Waals surface area contributed by atoms with Crippen LogP contribution in [0.1, 0.15) is 30.5 Å². The average molecular weight is 380 g/mol. The highest BCUT2D eigenvalue weighted by Crippen LogP contribution is 2.29. The molecule has 1 fully saturated rings. The fourth-order valence-electron chi connectivity index (χ4n) is 4.10. The summed E-state index contributed by atoms with van der Waals surface area (Å²) in [6.07, 6.45) is 5.51. The maximum Gasteiger partial charge on any atom is 0.226 e. The third-order valence-corrected chi connectivity index (χ3v) is 5.60. The van der Waals surface area contributed by atoms with Crippen molar-refractivity contribution in [2.45, 2.75) is 32.2 Å². The van der Waals surface area contributed by atoms with Crippen LogP contribution in [0.2, 0.25) is 0 Å². The van der Waals surface area contributed by atoms with Crippen molar-refractivity contribution >= 4 is 11.7 Å². The first-order valence-electron chi connectivity index (χ1n) is 10.1. The molecule has 2 aromatic heterocycles. The van der Waals surface area contributed by atoms with Crippen molar-refractivity contribution in [2.75, 3.05) is 38.6 Å². The quantitative estimate of drug-likeness (QED) is 0.876. The zero-order valence-corrected chi connectivity index (χ0v) is 16.7. The Kier molecular flexibility index (Phi) is 5.52. The molecule has 148 valence electrons. The van der Waals surface area contributed by atoms with Gasteiger partial charge in [-0.15, -0.1) is 0 Å². The Labute approximate surface area is 166 Å². The molecule has 0 spiro atoms. The monoisotopic (exact) mass is 380 g/mol. The molecule has 2 aliphatic rings. The molecule has 1 saturated heterocycles. The standard InChI is InChI=1S/C21H28N6O/c1-26(2)20-16-9-13-27(21(28)15-6-5-10-22-12-8-15)14-18(16)24-19(25-20)17-7-3-4-11-23-17/h3-4,7,11,15,22H,5-6,8-10,12-14H2,1-2H3. The molecule has 28 heavy (non-hydrogen) atoms. The molecule has 0 bridgehead atoms. The van der Waals surface area contributed by atoms with Crippen molar-refractivity contribution in [1.29, 1.82) is 0 Å². The van der Waals surface area contributed by atoms with E-state index in [9.17, 15) is 4.79 Å². The predicted octanol–water partition coefficient (Wildman–Crippen LogP) is 1.88. The molecule has 0 aliphatic carbocycles. The van der Waals surface area contributed by atoms with Crippen molar-refractivity contribution < 1.29 is 4.79 Å². The van der Waals surface area contributed by atoms with Gasteiger partial charge in [0.25, 0.3) is 0 Å². The maximum atomic E-state index is 13.1. The normalized spacial score (nSPS) is 19.6. The number of carbonyl (C=O) groups excluding carboxylic acids is 1. The Hall–Kier alpha value is -2.54. The number of nitrogens with one attached hydrogen (secondary N) is 1. The summed E-state index contributed by atoms with van der Waals surface area (Å²) in [7, 11) is 4.00. The SMILES string of the molecule is CN(C)c1nc(-c2ccccn2)nc2c1CCN(C(=O)C1CCCNCC1)C2. The number of pyridine rings is 1. The highest BCUT2D eigenvalue weighted by atomic mass is 16.2. The van der Waals surface area contributed by atoms with Gasteiger partial charge in [0.2, 0.25) is 5.91 Å². The lowest BCUT2D eigenvalue weighted by Gasteiger charge is -2.32. The van der Waals surface area contributed by atoms with Gasteiger partial charge in [-0.05, 0) is 50.9 Å². The Balaban J connectivity index is 1.63. The molecule has 4 heterocycles. The second-order valence-electron chi connectivity index (χ2n) is 7.79. The first-order valence-corrected chi connectivity index (χ1v) is 10.1. The van der Waals surface area contributed by atoms with E-state index in [-0.39, 0.29) is 11.8 Å². The van der Waals surface area contributed by atoms with E-state index in [1.807, 2.05) is 42.1 Å². The fourth-order valence-corrected chi connectivity index (χ4v) is 4.10. The number of anilines is 1. The van der Waals surface area contributed by atoms with Crippen LogP contribution in [0.4, 0.5) is 5.82 Å². The topological polar surface area (TPSA) is 74.2 Å². The Bertz CT molecular complexity index is 830. The minimum Gasteiger partial charge on any atom is -0.362 e. The molecule has 1 atom stereocenters. The van der Waals surface area contributed by atoms with Crippen LogP contribution < -0.4 is 10.2 Å². The summed E-state index contributed by atoms with van der Waals surface area (Å²) >= 11 is 0. The lowest BCUT2D eigenvalue weighted by atomic mass is 9.97. The predicted molar refractivity (Wildman–Crippen MR) is 109 cm³/mol. The average Bonchev–Trinajstić information content (AvgIpc) is 3.02. The van der Waals surface area contributed by atoms with Crippen LogP contribution in [0.3, 0.4) is 0 Å². The van der Waals surface area contributed by atoms with Gasteiger partial charge in [-0.2, -0.15) is 0 Å². The summed E-state index contributed by atoms with van der Waals surface area (Å²) in [6.45, 7) is 3.24. The van der Waals surface area contributed by atoms with Gasteiger partial charge < -0.3 is 15.1 Å². The summed E-state index contributed by atoms with van der Waals surface area (Å²) in [5.74, 6) is 1.95. The molecule has 2 aliphatic heterocycles. The Morgan fingerprint density at radius 1 is 1.21 bits per heavy atom. The van der Waals surface area contributed by atoms with Gasteiger partial charge in [0.05, 0.1) is 12.2 Å². The van der Waals surface area contributed by atoms with E-state index in [0.29, 0.717) is 12.4 Å². The van der Waals surface area contributed by atoms with Crippen molar-refractivity contribution in [3.8, 4) is 11.5 Å². The van der Waals surface area contributed by atoms with E-state index in [1.54, 1.807) is 6.20 Å². The molecular weight excluding hydrogens is 352 g/mol. The molecular formula is C21H28N6O. The van der Waals surface area contributed by atoms with E-state index in [4.69, 9.17) is 9.97 Å². The van der Waals surface area contributed by atoms with Gasteiger partial charge in [-0.3, -0.25) is 9.78 Å². The van der Waals surface area contributed by atoms with Crippen LogP contribution in [0.15, 0.2) is 24.4 Å². The molecule has 7 nitrogen and oxygen atoms in total. The van der Waals surface area contributed by atoms with Gasteiger partial charge >= 0.3 is 0 Å². The van der Waals surface area contributed by atoms with Crippen LogP contribution in [0, 0.1) is 5.92 Å². The van der Waals surface area contributed by atoms with Crippen molar-refractivity contribution in [3.63, 3.8) is 0 Å². The van der Waals surface area contributed by atoms with E-state index in [1.165, 1.54) is 0 Å². The number of carbonyl (C=O) groups is 1. The van der Waals surface area contributed by atoms with Gasteiger partial charge in [-0.25, -0.2) is 9.97 Å². The van der Waals surface area contributed by atoms with Crippen molar-refractivity contribution in [3.05, 3.63) is 35.7 Å². The second kappa shape index (κ2) is 8.22. The summed E-state index contributed by atoms with van der Waals surface area (Å²) in [5.41, 5.74) is 2.86. The van der Waals surface area contributed by atoms with Crippen LogP contribution in [-0.2, 0) is 17.8 Å². The third kappa shape index (κ3) is 3.85. The Morgan fingerprint density at radius 2 is 2.11 bits per heavy atom. The lowest BCUT2D eigenvalue weighted by molar-refractivity contribution is -0.136. The largest absolute Gasteiger partial charge is 0.362 e. The molecule has 0 aromatic carbocycles. The molecule has 2 aromatic rings. The van der Waals surface area contributed by atoms with Gasteiger partial charge in [0.15, 0.2) is 5.82 Å². The second-order valence-corrected chi connectivity index (χ2v) is 7.79. The lowest BCUT2D eigenvalue weighted by Crippen LogP contribution is -2.41. The molecule has 1 N–H and O–H groups in total. The van der Waals surface area contributed by atoms with Crippen LogP contribution >= 0.6 is 0 Å².